The van der Waals surface area contributed by atoms with Crippen molar-refractivity contribution in [2.24, 2.45) is 5.41 Å². The molecule has 0 heterocycles. The maximum absolute atomic E-state index is 10.0. The largest absolute Gasteiger partial charge is 0.508 e. The summed E-state index contributed by atoms with van der Waals surface area (Å²) in [5.41, 5.74) is 7.50. The summed E-state index contributed by atoms with van der Waals surface area (Å²) >= 11 is 0. The number of hydrogen-bond acceptors (Lipinski definition) is 2. The van der Waals surface area contributed by atoms with Gasteiger partial charge in [0.1, 0.15) is 11.5 Å². The summed E-state index contributed by atoms with van der Waals surface area (Å²) in [4.78, 5) is 0. The third kappa shape index (κ3) is 6.80. The quantitative estimate of drug-likeness (QED) is 0.255. The minimum atomic E-state index is -0.493. The predicted octanol–water partition coefficient (Wildman–Crippen LogP) is 12.0. The number of aromatic hydroxyl groups is 2. The van der Waals surface area contributed by atoms with Gasteiger partial charge in [-0.3, -0.25) is 0 Å². The van der Waals surface area contributed by atoms with Crippen LogP contribution in [-0.4, -0.2) is 10.2 Å². The van der Waals surface area contributed by atoms with Crippen molar-refractivity contribution in [3.05, 3.63) is 131 Å². The van der Waals surface area contributed by atoms with E-state index in [0.29, 0.717) is 5.41 Å². The fourth-order valence-electron chi connectivity index (χ4n) is 6.02. The van der Waals surface area contributed by atoms with Crippen molar-refractivity contribution in [3.8, 4) is 11.5 Å². The van der Waals surface area contributed by atoms with Gasteiger partial charge in [-0.05, 0) is 124 Å². The second kappa shape index (κ2) is 14.0. The highest BCUT2D eigenvalue weighted by atomic mass is 16.3. The van der Waals surface area contributed by atoms with Gasteiger partial charge >= 0.3 is 0 Å². The lowest BCUT2D eigenvalue weighted by Gasteiger charge is -2.35. The fourth-order valence-corrected chi connectivity index (χ4v) is 6.02. The van der Waals surface area contributed by atoms with Gasteiger partial charge in [0.05, 0.1) is 5.41 Å². The van der Waals surface area contributed by atoms with Crippen LogP contribution in [0.2, 0.25) is 0 Å². The Kier molecular flexibility index (Phi) is 10.9. The van der Waals surface area contributed by atoms with Crippen LogP contribution in [0.3, 0.4) is 0 Å². The Balaban J connectivity index is 0.000000657. The summed E-state index contributed by atoms with van der Waals surface area (Å²) in [6.45, 7) is 21.3. The average molecular weight is 575 g/mol. The standard InChI is InChI=1S/C34H32O2.C5H12.C2H6/c1-5-9-33-31(7-3)30(6-2)32(8-4)34(33,26-14-10-24-20-28(35)16-12-22(24)18-26)27-15-11-25-21-29(36)17-13-23(25)19-27;1-5(2,3)4;1-2/h6-21,35-36H,5H2,1-4H3;1-4H3;1-2H3/b30-6-,31-7-,32-8+,33-9+;;. The van der Waals surface area contributed by atoms with Crippen molar-refractivity contribution >= 4 is 21.5 Å². The molecule has 2 N–H and O–H groups in total. The minimum absolute atomic E-state index is 0.275. The van der Waals surface area contributed by atoms with Crippen molar-refractivity contribution in [2.45, 2.75) is 81.1 Å². The lowest BCUT2D eigenvalue weighted by Crippen LogP contribution is -2.29. The van der Waals surface area contributed by atoms with Crippen LogP contribution < -0.4 is 0 Å². The Morgan fingerprint density at radius 2 is 0.953 bits per heavy atom. The molecule has 0 amide bonds. The van der Waals surface area contributed by atoms with Crippen LogP contribution in [0, 0.1) is 5.41 Å². The van der Waals surface area contributed by atoms with E-state index in [-0.39, 0.29) is 11.5 Å². The molecular formula is C41H50O2. The van der Waals surface area contributed by atoms with Crippen LogP contribution in [0.15, 0.2) is 119 Å². The van der Waals surface area contributed by atoms with Gasteiger partial charge in [0, 0.05) is 0 Å². The van der Waals surface area contributed by atoms with Gasteiger partial charge in [-0.15, -0.1) is 0 Å². The van der Waals surface area contributed by atoms with Gasteiger partial charge in [0.25, 0.3) is 0 Å². The number of phenols is 2. The van der Waals surface area contributed by atoms with E-state index >= 15 is 0 Å². The number of allylic oxidation sites excluding steroid dienone is 8. The number of fused-ring (bicyclic) bond motifs is 2. The fraction of sp³-hybridized carbons (Fsp3) is 0.317. The first-order valence-electron chi connectivity index (χ1n) is 15.7. The second-order valence-electron chi connectivity index (χ2n) is 12.4. The molecule has 4 aromatic rings. The molecule has 1 aliphatic rings. The topological polar surface area (TPSA) is 40.5 Å². The van der Waals surface area contributed by atoms with Gasteiger partial charge < -0.3 is 10.2 Å². The lowest BCUT2D eigenvalue weighted by atomic mass is 9.66. The molecular weight excluding hydrogens is 524 g/mol. The third-order valence-electron chi connectivity index (χ3n) is 7.47. The van der Waals surface area contributed by atoms with Gasteiger partial charge in [-0.25, -0.2) is 0 Å². The molecule has 1 saturated carbocycles. The average Bonchev–Trinajstić information content (AvgIpc) is 3.26. The van der Waals surface area contributed by atoms with E-state index in [0.717, 1.165) is 28.0 Å². The highest BCUT2D eigenvalue weighted by molar-refractivity contribution is 5.90. The minimum Gasteiger partial charge on any atom is -0.508 e. The monoisotopic (exact) mass is 574 g/mol. The van der Waals surface area contributed by atoms with Gasteiger partial charge in [0.2, 0.25) is 0 Å². The summed E-state index contributed by atoms with van der Waals surface area (Å²) in [6, 6.07) is 24.3. The normalized spacial score (nSPS) is 18.2. The van der Waals surface area contributed by atoms with E-state index in [1.165, 1.54) is 33.4 Å². The van der Waals surface area contributed by atoms with Crippen molar-refractivity contribution in [1.82, 2.24) is 0 Å². The molecule has 0 atom stereocenters. The predicted molar refractivity (Wildman–Crippen MR) is 188 cm³/mol. The number of benzene rings is 4. The highest BCUT2D eigenvalue weighted by Gasteiger charge is 2.49. The van der Waals surface area contributed by atoms with E-state index in [2.05, 4.69) is 116 Å². The van der Waals surface area contributed by atoms with Crippen LogP contribution in [-0.2, 0) is 5.41 Å². The first kappa shape index (κ1) is 33.5. The molecule has 5 rings (SSSR count). The molecule has 2 heteroatoms. The summed E-state index contributed by atoms with van der Waals surface area (Å²) in [6.07, 6.45) is 10.0. The van der Waals surface area contributed by atoms with E-state index < -0.39 is 5.41 Å². The Bertz CT molecular complexity index is 1610. The zero-order valence-electron chi connectivity index (χ0n) is 27.8. The van der Waals surface area contributed by atoms with Gasteiger partial charge in [0.15, 0.2) is 0 Å². The summed E-state index contributed by atoms with van der Waals surface area (Å²) in [5, 5.41) is 24.3. The first-order chi connectivity index (χ1) is 20.5. The third-order valence-corrected chi connectivity index (χ3v) is 7.47. The molecule has 0 saturated heterocycles. The molecule has 1 fully saturated rings. The van der Waals surface area contributed by atoms with Crippen molar-refractivity contribution < 1.29 is 10.2 Å². The van der Waals surface area contributed by atoms with Crippen LogP contribution in [0.4, 0.5) is 0 Å². The number of hydrogen-bond donors (Lipinski definition) is 2. The van der Waals surface area contributed by atoms with Crippen LogP contribution >= 0.6 is 0 Å². The van der Waals surface area contributed by atoms with E-state index in [4.69, 9.17) is 0 Å². The molecule has 4 aromatic carbocycles. The summed E-state index contributed by atoms with van der Waals surface area (Å²) in [5.74, 6) is 0.549. The summed E-state index contributed by atoms with van der Waals surface area (Å²) in [7, 11) is 0. The van der Waals surface area contributed by atoms with E-state index in [1.54, 1.807) is 12.1 Å². The van der Waals surface area contributed by atoms with E-state index in [9.17, 15) is 10.2 Å². The van der Waals surface area contributed by atoms with Crippen molar-refractivity contribution in [1.29, 1.82) is 0 Å². The molecule has 0 radical (unpaired) electrons. The molecule has 1 aliphatic carbocycles. The molecule has 0 spiro atoms. The summed E-state index contributed by atoms with van der Waals surface area (Å²) < 4.78 is 0. The van der Waals surface area contributed by atoms with Gasteiger partial charge in [-0.1, -0.05) is 109 Å². The molecule has 226 valence electrons. The first-order valence-corrected chi connectivity index (χ1v) is 15.7. The second-order valence-corrected chi connectivity index (χ2v) is 12.4. The highest BCUT2D eigenvalue weighted by Crippen LogP contribution is 2.59. The van der Waals surface area contributed by atoms with E-state index in [1.807, 2.05) is 38.1 Å². The Morgan fingerprint density at radius 1 is 0.581 bits per heavy atom. The lowest BCUT2D eigenvalue weighted by molar-refractivity contribution is 0.469. The van der Waals surface area contributed by atoms with Crippen LogP contribution in [0.5, 0.6) is 11.5 Å². The molecule has 2 nitrogen and oxygen atoms in total. The number of rotatable bonds is 3. The van der Waals surface area contributed by atoms with Gasteiger partial charge in [-0.2, -0.15) is 0 Å². The Labute approximate surface area is 259 Å². The van der Waals surface area contributed by atoms with Crippen LogP contribution in [0.25, 0.3) is 21.5 Å². The molecule has 0 aromatic heterocycles. The molecule has 43 heavy (non-hydrogen) atoms. The van der Waals surface area contributed by atoms with Crippen molar-refractivity contribution in [3.63, 3.8) is 0 Å². The number of phenolic OH excluding ortho intramolecular Hbond substituents is 2. The maximum atomic E-state index is 10.0. The zero-order valence-corrected chi connectivity index (χ0v) is 27.8. The Morgan fingerprint density at radius 3 is 1.33 bits per heavy atom. The smallest absolute Gasteiger partial charge is 0.116 e. The van der Waals surface area contributed by atoms with Crippen molar-refractivity contribution in [2.75, 3.05) is 0 Å². The Hall–Kier alpha value is -4.04. The molecule has 0 aliphatic heterocycles. The maximum Gasteiger partial charge on any atom is 0.116 e. The molecule has 0 unspecified atom stereocenters. The van der Waals surface area contributed by atoms with Crippen LogP contribution in [0.1, 0.15) is 86.8 Å². The SMILES string of the molecule is C/C=C1/C(=C/C)/C(=C\CC)C(c2ccc3cc(O)ccc3c2)(c2ccc3cc(O)ccc3c2)/C1=C/C.CC.CC(C)(C)C. The molecule has 0 bridgehead atoms. The zero-order chi connectivity index (χ0) is 31.9.